The summed E-state index contributed by atoms with van der Waals surface area (Å²) in [5, 5.41) is 18.1. The molecule has 0 unspecified atom stereocenters. The lowest BCUT2D eigenvalue weighted by molar-refractivity contribution is 0.154. The number of benzene rings is 2. The molecule has 0 bridgehead atoms. The van der Waals surface area contributed by atoms with Gasteiger partial charge < -0.3 is 19.6 Å². The van der Waals surface area contributed by atoms with E-state index in [0.717, 1.165) is 62.3 Å². The number of piperazine rings is 1. The van der Waals surface area contributed by atoms with E-state index in [4.69, 9.17) is 4.52 Å². The molecule has 1 fully saturated rings. The SMILES string of the molecule is CN1CCN(CCCNc2nnc(-c3nc(-c4ccc(F)cc4)no3)c3ccccc23)CC1. The molecule has 0 aliphatic carbocycles. The van der Waals surface area contributed by atoms with Gasteiger partial charge in [0.15, 0.2) is 11.5 Å². The van der Waals surface area contributed by atoms with Crippen LogP contribution >= 0.6 is 0 Å². The van der Waals surface area contributed by atoms with E-state index in [2.05, 4.69) is 42.5 Å². The van der Waals surface area contributed by atoms with Gasteiger partial charge in [0.2, 0.25) is 5.82 Å². The topological polar surface area (TPSA) is 83.2 Å². The number of anilines is 1. The van der Waals surface area contributed by atoms with Crippen molar-refractivity contribution in [3.63, 3.8) is 0 Å². The fourth-order valence-corrected chi connectivity index (χ4v) is 4.01. The molecule has 1 aliphatic heterocycles. The van der Waals surface area contributed by atoms with Crippen LogP contribution in [0.1, 0.15) is 6.42 Å². The minimum atomic E-state index is -0.314. The summed E-state index contributed by atoms with van der Waals surface area (Å²) in [4.78, 5) is 9.33. The normalized spacial score (nSPS) is 15.2. The van der Waals surface area contributed by atoms with Gasteiger partial charge in [-0.05, 0) is 44.3 Å². The largest absolute Gasteiger partial charge is 0.368 e. The number of hydrogen-bond acceptors (Lipinski definition) is 8. The molecule has 0 spiro atoms. The van der Waals surface area contributed by atoms with Gasteiger partial charge in [-0.25, -0.2) is 4.39 Å². The van der Waals surface area contributed by atoms with Crippen LogP contribution in [0, 0.1) is 5.82 Å². The van der Waals surface area contributed by atoms with Crippen LogP contribution in [0.2, 0.25) is 0 Å². The second kappa shape index (κ2) is 9.60. The van der Waals surface area contributed by atoms with Crippen molar-refractivity contribution in [1.82, 2.24) is 30.1 Å². The maximum atomic E-state index is 13.2. The molecule has 0 amide bonds. The number of nitrogens with one attached hydrogen (secondary N) is 1. The maximum Gasteiger partial charge on any atom is 0.279 e. The molecule has 1 aliphatic rings. The number of rotatable bonds is 7. The molecule has 2 aromatic heterocycles. The van der Waals surface area contributed by atoms with Gasteiger partial charge in [0.1, 0.15) is 5.82 Å². The van der Waals surface area contributed by atoms with Crippen LogP contribution in [0.5, 0.6) is 0 Å². The van der Waals surface area contributed by atoms with E-state index in [1.807, 2.05) is 24.3 Å². The fourth-order valence-electron chi connectivity index (χ4n) is 4.01. The van der Waals surface area contributed by atoms with Crippen molar-refractivity contribution in [2.45, 2.75) is 6.42 Å². The third kappa shape index (κ3) is 4.84. The molecule has 1 N–H and O–H groups in total. The smallest absolute Gasteiger partial charge is 0.279 e. The van der Waals surface area contributed by atoms with Gasteiger partial charge in [0, 0.05) is 49.1 Å². The van der Waals surface area contributed by atoms with Crippen LogP contribution < -0.4 is 5.32 Å². The minimum Gasteiger partial charge on any atom is -0.368 e. The van der Waals surface area contributed by atoms with Crippen LogP contribution in [0.3, 0.4) is 0 Å². The van der Waals surface area contributed by atoms with Crippen LogP contribution in [0.15, 0.2) is 53.1 Å². The lowest BCUT2D eigenvalue weighted by atomic mass is 10.1. The van der Waals surface area contributed by atoms with E-state index in [-0.39, 0.29) is 11.7 Å². The van der Waals surface area contributed by atoms with Gasteiger partial charge in [-0.3, -0.25) is 0 Å². The number of nitrogens with zero attached hydrogens (tertiary/aromatic N) is 6. The Kier molecular flexibility index (Phi) is 6.23. The Morgan fingerprint density at radius 3 is 2.52 bits per heavy atom. The van der Waals surface area contributed by atoms with Crippen molar-refractivity contribution in [1.29, 1.82) is 0 Å². The van der Waals surface area contributed by atoms with Gasteiger partial charge in [0.25, 0.3) is 5.89 Å². The summed E-state index contributed by atoms with van der Waals surface area (Å²) in [5.74, 6) is 1.08. The Bertz CT molecular complexity index is 1220. The molecule has 5 rings (SSSR count). The first-order chi connectivity index (χ1) is 16.2. The van der Waals surface area contributed by atoms with Gasteiger partial charge >= 0.3 is 0 Å². The summed E-state index contributed by atoms with van der Waals surface area (Å²) in [5.41, 5.74) is 1.19. The highest BCUT2D eigenvalue weighted by Crippen LogP contribution is 2.30. The van der Waals surface area contributed by atoms with Crippen LogP contribution in [-0.2, 0) is 0 Å². The molecule has 3 heterocycles. The van der Waals surface area contributed by atoms with E-state index >= 15 is 0 Å². The summed E-state index contributed by atoms with van der Waals surface area (Å²) in [6, 6.07) is 13.9. The summed E-state index contributed by atoms with van der Waals surface area (Å²) in [6.45, 7) is 6.39. The molecule has 1 saturated heterocycles. The van der Waals surface area contributed by atoms with Gasteiger partial charge in [-0.1, -0.05) is 29.4 Å². The summed E-state index contributed by atoms with van der Waals surface area (Å²) in [6.07, 6.45) is 1.03. The van der Waals surface area contributed by atoms with Crippen molar-refractivity contribution in [2.24, 2.45) is 0 Å². The molecule has 0 saturated carbocycles. The Hall–Kier alpha value is -3.43. The number of halogens is 1. The molecule has 33 heavy (non-hydrogen) atoms. The number of fused-ring (bicyclic) bond motifs is 1. The molecule has 4 aromatic rings. The number of hydrogen-bond donors (Lipinski definition) is 1. The van der Waals surface area contributed by atoms with E-state index in [1.54, 1.807) is 12.1 Å². The molecule has 9 heteroatoms. The average molecular weight is 448 g/mol. The van der Waals surface area contributed by atoms with Gasteiger partial charge in [0.05, 0.1) is 0 Å². The zero-order chi connectivity index (χ0) is 22.6. The summed E-state index contributed by atoms with van der Waals surface area (Å²) in [7, 11) is 2.17. The van der Waals surface area contributed by atoms with Gasteiger partial charge in [-0.15, -0.1) is 10.2 Å². The quantitative estimate of drug-likeness (QED) is 0.431. The highest BCUT2D eigenvalue weighted by atomic mass is 19.1. The Labute approximate surface area is 191 Å². The minimum absolute atomic E-state index is 0.277. The van der Waals surface area contributed by atoms with Crippen molar-refractivity contribution in [3.05, 3.63) is 54.3 Å². The Morgan fingerprint density at radius 1 is 0.970 bits per heavy atom. The van der Waals surface area contributed by atoms with E-state index in [0.29, 0.717) is 17.1 Å². The Morgan fingerprint density at radius 2 is 1.73 bits per heavy atom. The average Bonchev–Trinajstić information content (AvgIpc) is 3.33. The highest BCUT2D eigenvalue weighted by Gasteiger charge is 2.18. The second-order valence-electron chi connectivity index (χ2n) is 8.30. The van der Waals surface area contributed by atoms with E-state index in [1.165, 1.54) is 12.1 Å². The van der Waals surface area contributed by atoms with Crippen LogP contribution in [0.4, 0.5) is 10.2 Å². The Balaban J connectivity index is 1.31. The molecular formula is C24H26FN7O. The summed E-state index contributed by atoms with van der Waals surface area (Å²) < 4.78 is 18.7. The second-order valence-corrected chi connectivity index (χ2v) is 8.30. The number of likely N-dealkylation sites (N-methyl/N-ethyl adjacent to an activating group) is 1. The molecule has 0 atom stereocenters. The van der Waals surface area contributed by atoms with E-state index < -0.39 is 0 Å². The number of aromatic nitrogens is 4. The third-order valence-corrected chi connectivity index (χ3v) is 5.96. The first kappa shape index (κ1) is 21.4. The maximum absolute atomic E-state index is 13.2. The lowest BCUT2D eigenvalue weighted by Gasteiger charge is -2.32. The fraction of sp³-hybridized carbons (Fsp3) is 0.333. The molecular weight excluding hydrogens is 421 g/mol. The van der Waals surface area contributed by atoms with Crippen LogP contribution in [-0.4, -0.2) is 76.5 Å². The van der Waals surface area contributed by atoms with E-state index in [9.17, 15) is 4.39 Å². The van der Waals surface area contributed by atoms with Crippen molar-refractivity contribution in [3.8, 4) is 23.0 Å². The third-order valence-electron chi connectivity index (χ3n) is 5.96. The van der Waals surface area contributed by atoms with Crippen molar-refractivity contribution < 1.29 is 8.91 Å². The predicted octanol–water partition coefficient (Wildman–Crippen LogP) is 3.54. The molecule has 8 nitrogen and oxygen atoms in total. The zero-order valence-electron chi connectivity index (χ0n) is 18.5. The lowest BCUT2D eigenvalue weighted by Crippen LogP contribution is -2.44. The van der Waals surface area contributed by atoms with Crippen molar-refractivity contribution >= 4 is 16.6 Å². The first-order valence-electron chi connectivity index (χ1n) is 11.2. The molecule has 170 valence electrons. The first-order valence-corrected chi connectivity index (χ1v) is 11.2. The standard InChI is InChI=1S/C24H26FN7O/c1-31-13-15-32(16-14-31)12-4-11-26-23-20-6-3-2-5-19(20)21(28-29-23)24-27-22(30-33-24)17-7-9-18(25)10-8-17/h2-3,5-10H,4,11-16H2,1H3,(H,26,29). The molecule has 2 aromatic carbocycles. The molecule has 0 radical (unpaired) electrons. The summed E-state index contributed by atoms with van der Waals surface area (Å²) >= 11 is 0. The van der Waals surface area contributed by atoms with Gasteiger partial charge in [-0.2, -0.15) is 4.98 Å². The van der Waals surface area contributed by atoms with Crippen LogP contribution in [0.25, 0.3) is 33.7 Å². The monoisotopic (exact) mass is 447 g/mol. The zero-order valence-corrected chi connectivity index (χ0v) is 18.5. The predicted molar refractivity (Wildman–Crippen MR) is 125 cm³/mol. The van der Waals surface area contributed by atoms with Crippen molar-refractivity contribution in [2.75, 3.05) is 51.6 Å². The highest BCUT2D eigenvalue weighted by molar-refractivity contribution is 5.98.